The highest BCUT2D eigenvalue weighted by atomic mass is 32.2. The van der Waals surface area contributed by atoms with Gasteiger partial charge in [-0.3, -0.25) is 4.79 Å². The van der Waals surface area contributed by atoms with Crippen LogP contribution < -0.4 is 10.2 Å². The first-order valence-corrected chi connectivity index (χ1v) is 12.6. The smallest absolute Gasteiger partial charge is 0.255 e. The molecule has 7 nitrogen and oxygen atoms in total. The third-order valence-electron chi connectivity index (χ3n) is 5.54. The molecule has 0 atom stereocenters. The number of hydrazone groups is 1. The maximum atomic E-state index is 13.4. The van der Waals surface area contributed by atoms with E-state index in [9.17, 15) is 13.2 Å². The molecule has 0 aliphatic heterocycles. The Morgan fingerprint density at radius 3 is 2.61 bits per heavy atom. The van der Waals surface area contributed by atoms with Crippen molar-refractivity contribution in [2.45, 2.75) is 50.0 Å². The number of sulfonamides is 1. The number of carbonyl (C=O) groups excluding carboxylic acids is 1. The van der Waals surface area contributed by atoms with E-state index in [1.54, 1.807) is 36.4 Å². The first kappa shape index (κ1) is 24.7. The lowest BCUT2D eigenvalue weighted by Crippen LogP contribution is -2.46. The summed E-state index contributed by atoms with van der Waals surface area (Å²) >= 11 is 0. The van der Waals surface area contributed by atoms with Crippen LogP contribution in [-0.4, -0.2) is 44.0 Å². The molecule has 1 amide bonds. The fourth-order valence-corrected chi connectivity index (χ4v) is 5.46. The Hall–Kier alpha value is -2.97. The van der Waals surface area contributed by atoms with Gasteiger partial charge >= 0.3 is 0 Å². The minimum atomic E-state index is -3.81. The van der Waals surface area contributed by atoms with Crippen LogP contribution in [0.4, 0.5) is 0 Å². The van der Waals surface area contributed by atoms with Crippen LogP contribution in [-0.2, 0) is 14.8 Å². The summed E-state index contributed by atoms with van der Waals surface area (Å²) in [4.78, 5) is 12.9. The van der Waals surface area contributed by atoms with E-state index in [2.05, 4.69) is 17.1 Å². The van der Waals surface area contributed by atoms with E-state index in [0.717, 1.165) is 43.2 Å². The molecule has 0 unspecified atom stereocenters. The monoisotopic (exact) mass is 469 g/mol. The summed E-state index contributed by atoms with van der Waals surface area (Å²) < 4.78 is 33.6. The minimum absolute atomic E-state index is 0.196. The fourth-order valence-electron chi connectivity index (χ4n) is 3.82. The van der Waals surface area contributed by atoms with Crippen molar-refractivity contribution in [2.24, 2.45) is 5.10 Å². The van der Waals surface area contributed by atoms with Crippen molar-refractivity contribution in [3.05, 3.63) is 72.3 Å². The van der Waals surface area contributed by atoms with Crippen molar-refractivity contribution in [2.75, 3.05) is 13.2 Å². The molecule has 2 aromatic carbocycles. The molecule has 0 aromatic heterocycles. The van der Waals surface area contributed by atoms with Crippen molar-refractivity contribution < 1.29 is 17.9 Å². The van der Waals surface area contributed by atoms with E-state index in [1.165, 1.54) is 10.5 Å². The van der Waals surface area contributed by atoms with Gasteiger partial charge in [0.15, 0.2) is 0 Å². The van der Waals surface area contributed by atoms with Crippen LogP contribution in [0.5, 0.6) is 5.75 Å². The second-order valence-electron chi connectivity index (χ2n) is 8.12. The lowest BCUT2D eigenvalue weighted by molar-refractivity contribution is -0.121. The number of hydrogen-bond acceptors (Lipinski definition) is 5. The summed E-state index contributed by atoms with van der Waals surface area (Å²) in [5.74, 6) is 0.185. The van der Waals surface area contributed by atoms with Crippen LogP contribution in [0.3, 0.4) is 0 Å². The maximum absolute atomic E-state index is 13.4. The van der Waals surface area contributed by atoms with Gasteiger partial charge in [0.1, 0.15) is 12.4 Å². The van der Waals surface area contributed by atoms with Crippen LogP contribution in [0.25, 0.3) is 0 Å². The SMILES string of the molecule is C=CCOc1cccc(/C=N/NC(=O)CN(C2CCCCC2)S(=O)(=O)c2ccc(C)cc2)c1. The number of carbonyl (C=O) groups is 1. The van der Waals surface area contributed by atoms with Gasteiger partial charge in [-0.25, -0.2) is 13.8 Å². The Morgan fingerprint density at radius 2 is 1.91 bits per heavy atom. The zero-order chi connectivity index (χ0) is 23.7. The van der Waals surface area contributed by atoms with Crippen molar-refractivity contribution in [3.8, 4) is 5.75 Å². The molecule has 176 valence electrons. The van der Waals surface area contributed by atoms with Crippen LogP contribution in [0.15, 0.2) is 71.2 Å². The van der Waals surface area contributed by atoms with Crippen molar-refractivity contribution in [1.29, 1.82) is 0 Å². The summed E-state index contributed by atoms with van der Waals surface area (Å²) in [5, 5.41) is 4.01. The van der Waals surface area contributed by atoms with Crippen molar-refractivity contribution in [1.82, 2.24) is 9.73 Å². The minimum Gasteiger partial charge on any atom is -0.490 e. The maximum Gasteiger partial charge on any atom is 0.255 e. The summed E-state index contributed by atoms with van der Waals surface area (Å²) in [6.45, 7) is 5.64. The number of nitrogens with zero attached hydrogens (tertiary/aromatic N) is 2. The Bertz CT molecular complexity index is 1080. The van der Waals surface area contributed by atoms with Crippen LogP contribution in [0.1, 0.15) is 43.2 Å². The molecule has 8 heteroatoms. The number of aryl methyl sites for hydroxylation is 1. The first-order chi connectivity index (χ1) is 15.9. The molecule has 1 N–H and O–H groups in total. The topological polar surface area (TPSA) is 88.1 Å². The lowest BCUT2D eigenvalue weighted by Gasteiger charge is -2.32. The Kier molecular flexibility index (Phi) is 8.79. The van der Waals surface area contributed by atoms with Gasteiger partial charge in [-0.15, -0.1) is 0 Å². The van der Waals surface area contributed by atoms with Crippen LogP contribution >= 0.6 is 0 Å². The zero-order valence-corrected chi connectivity index (χ0v) is 19.8. The number of benzene rings is 2. The summed E-state index contributed by atoms with van der Waals surface area (Å²) in [6, 6.07) is 13.8. The molecule has 1 aliphatic rings. The first-order valence-electron chi connectivity index (χ1n) is 11.1. The van der Waals surface area contributed by atoms with Gasteiger partial charge in [0.05, 0.1) is 17.7 Å². The molecule has 1 aliphatic carbocycles. The van der Waals surface area contributed by atoms with E-state index in [0.29, 0.717) is 12.4 Å². The van der Waals surface area contributed by atoms with Gasteiger partial charge in [-0.1, -0.05) is 61.7 Å². The number of nitrogens with one attached hydrogen (secondary N) is 1. The highest BCUT2D eigenvalue weighted by Crippen LogP contribution is 2.27. The Balaban J connectivity index is 1.70. The third kappa shape index (κ3) is 7.00. The van der Waals surface area contributed by atoms with Gasteiger partial charge in [-0.2, -0.15) is 9.41 Å². The summed E-state index contributed by atoms with van der Waals surface area (Å²) in [5.41, 5.74) is 4.18. The van der Waals surface area contributed by atoms with E-state index < -0.39 is 15.9 Å². The molecular weight excluding hydrogens is 438 g/mol. The molecule has 2 aromatic rings. The normalized spacial score (nSPS) is 15.0. The highest BCUT2D eigenvalue weighted by molar-refractivity contribution is 7.89. The second-order valence-corrected chi connectivity index (χ2v) is 10.0. The predicted molar refractivity (Wildman–Crippen MR) is 130 cm³/mol. The number of rotatable bonds is 10. The number of amides is 1. The van der Waals surface area contributed by atoms with Crippen LogP contribution in [0, 0.1) is 6.92 Å². The van der Waals surface area contributed by atoms with E-state index in [-0.39, 0.29) is 17.5 Å². The molecule has 3 rings (SSSR count). The van der Waals surface area contributed by atoms with Gasteiger partial charge in [0, 0.05) is 6.04 Å². The van der Waals surface area contributed by atoms with Gasteiger partial charge < -0.3 is 4.74 Å². The largest absolute Gasteiger partial charge is 0.490 e. The molecule has 1 saturated carbocycles. The van der Waals surface area contributed by atoms with E-state index >= 15 is 0 Å². The molecule has 0 heterocycles. The van der Waals surface area contributed by atoms with Crippen molar-refractivity contribution in [3.63, 3.8) is 0 Å². The molecular formula is C25H31N3O4S. The van der Waals surface area contributed by atoms with Gasteiger partial charge in [-0.05, 0) is 49.6 Å². The Morgan fingerprint density at radius 1 is 1.18 bits per heavy atom. The number of hydrogen-bond donors (Lipinski definition) is 1. The third-order valence-corrected chi connectivity index (χ3v) is 7.45. The zero-order valence-electron chi connectivity index (χ0n) is 18.9. The summed E-state index contributed by atoms with van der Waals surface area (Å²) in [7, 11) is -3.81. The quantitative estimate of drug-likeness (QED) is 0.323. The van der Waals surface area contributed by atoms with Gasteiger partial charge in [0.2, 0.25) is 10.0 Å². The molecule has 0 spiro atoms. The molecule has 0 bridgehead atoms. The molecule has 33 heavy (non-hydrogen) atoms. The average Bonchev–Trinajstić information content (AvgIpc) is 2.82. The fraction of sp³-hybridized carbons (Fsp3) is 0.360. The predicted octanol–water partition coefficient (Wildman–Crippen LogP) is 4.03. The summed E-state index contributed by atoms with van der Waals surface area (Å²) in [6.07, 6.45) is 7.64. The number of ether oxygens (including phenoxy) is 1. The van der Waals surface area contributed by atoms with Crippen molar-refractivity contribution >= 4 is 22.1 Å². The van der Waals surface area contributed by atoms with Crippen LogP contribution in [0.2, 0.25) is 0 Å². The molecule has 0 saturated heterocycles. The van der Waals surface area contributed by atoms with E-state index in [1.807, 2.05) is 25.1 Å². The molecule has 0 radical (unpaired) electrons. The average molecular weight is 470 g/mol. The highest BCUT2D eigenvalue weighted by Gasteiger charge is 2.33. The lowest BCUT2D eigenvalue weighted by atomic mass is 9.95. The van der Waals surface area contributed by atoms with E-state index in [4.69, 9.17) is 4.74 Å². The Labute approximate surface area is 196 Å². The second kappa shape index (κ2) is 11.8. The molecule has 1 fully saturated rings. The standard InChI is InChI=1S/C25H31N3O4S/c1-3-16-32-23-11-7-8-21(17-23)18-26-27-25(29)19-28(22-9-5-4-6-10-22)33(30,31)24-14-12-20(2)13-15-24/h3,7-8,11-15,17-18,22H,1,4-6,9-10,16,19H2,2H3,(H,27,29)/b26-18+. The van der Waals surface area contributed by atoms with Gasteiger partial charge in [0.25, 0.3) is 5.91 Å².